The van der Waals surface area contributed by atoms with Gasteiger partial charge in [-0.05, 0) is 0 Å². The zero-order valence-corrected chi connectivity index (χ0v) is 11.7. The summed E-state index contributed by atoms with van der Waals surface area (Å²) < 4.78 is 34.1. The minimum atomic E-state index is -5.17. The van der Waals surface area contributed by atoms with Crippen molar-refractivity contribution in [2.75, 3.05) is 0 Å². The van der Waals surface area contributed by atoms with Gasteiger partial charge in [-0.15, -0.1) is 0 Å². The number of hydrogen-bond acceptors (Lipinski definition) is 6. The molecule has 0 spiro atoms. The van der Waals surface area contributed by atoms with Crippen LogP contribution >= 0.6 is 0 Å². The molecule has 0 aromatic carbocycles. The molecule has 0 aromatic heterocycles. The molecule has 0 saturated heterocycles. The molecule has 1 N–H and O–H groups in total. The first-order valence-corrected chi connectivity index (χ1v) is 2.63. The molecule has 10 heteroatoms. The summed E-state index contributed by atoms with van der Waals surface area (Å²) >= 11 is 0. The van der Waals surface area contributed by atoms with Gasteiger partial charge in [-0.25, -0.2) is 0 Å². The van der Waals surface area contributed by atoms with Crippen LogP contribution in [0.5, 0.6) is 0 Å². The Morgan fingerprint density at radius 1 is 1.27 bits per heavy atom. The average Bonchev–Trinajstić information content (AvgIpc) is 1.19. The van der Waals surface area contributed by atoms with E-state index in [4.69, 9.17) is 32.5 Å². The molecule has 0 aromatic rings. The van der Waals surface area contributed by atoms with E-state index in [-0.39, 0.29) is 89.1 Å². The number of carbonyl (C=O) groups is 1. The van der Waals surface area contributed by atoms with E-state index in [1.165, 1.54) is 0 Å². The average molecular weight is 236 g/mol. The van der Waals surface area contributed by atoms with Gasteiger partial charge < -0.3 is 24.1 Å². The Morgan fingerprint density at radius 3 is 1.27 bits per heavy atom. The molecule has 0 fully saturated rings. The first kappa shape index (κ1) is 23.1. The molecule has 0 unspecified atom stereocenters. The summed E-state index contributed by atoms with van der Waals surface area (Å²) in [6, 6.07) is 0. The van der Waals surface area contributed by atoms with Crippen molar-refractivity contribution in [2.24, 2.45) is 0 Å². The van der Waals surface area contributed by atoms with Crippen molar-refractivity contribution in [2.45, 2.75) is 0 Å². The second-order valence-corrected chi connectivity index (χ2v) is 1.49. The molecule has 0 saturated carbocycles. The minimum Gasteiger partial charge on any atom is -0.759 e. The molecule has 0 rings (SSSR count). The van der Waals surface area contributed by atoms with E-state index in [0.29, 0.717) is 0 Å². The van der Waals surface area contributed by atoms with Crippen molar-refractivity contribution in [3.8, 4) is 0 Å². The molecule has 56 valence electrons. The van der Waals surface area contributed by atoms with Crippen LogP contribution in [0.1, 0.15) is 0 Å². The zero-order chi connectivity index (χ0) is 8.08. The summed E-state index contributed by atoms with van der Waals surface area (Å²) in [6.07, 6.45) is -2.08. The van der Waals surface area contributed by atoms with Crippen molar-refractivity contribution >= 4 is 54.3 Å². The Labute approximate surface area is 135 Å². The van der Waals surface area contributed by atoms with Crippen molar-refractivity contribution in [1.82, 2.24) is 0 Å². The Kier molecular flexibility index (Phi) is 25.3. The molecular formula is CHCaKO7S. The fraction of sp³-hybridized carbons (Fsp3) is 0. The van der Waals surface area contributed by atoms with Crippen molar-refractivity contribution in [3.05, 3.63) is 0 Å². The molecule has 7 nitrogen and oxygen atoms in total. The van der Waals surface area contributed by atoms with Crippen LogP contribution in [0.4, 0.5) is 4.79 Å². The quantitative estimate of drug-likeness (QED) is 0.251. The van der Waals surface area contributed by atoms with E-state index in [1.807, 2.05) is 0 Å². The Bertz CT molecular complexity index is 161. The summed E-state index contributed by atoms with van der Waals surface area (Å²) in [5.74, 6) is 0. The largest absolute Gasteiger partial charge is 2.00 e. The topological polar surface area (TPSA) is 141 Å². The number of rotatable bonds is 0. The second-order valence-electron chi connectivity index (χ2n) is 0.674. The Morgan fingerprint density at radius 2 is 1.27 bits per heavy atom. The third-order valence-corrected chi connectivity index (χ3v) is 0. The zero-order valence-electron chi connectivity index (χ0n) is 5.51. The van der Waals surface area contributed by atoms with E-state index in [2.05, 4.69) is 0 Å². The third-order valence-electron chi connectivity index (χ3n) is 0. The van der Waals surface area contributed by atoms with Gasteiger partial charge in [-0.2, -0.15) is 0 Å². The third kappa shape index (κ3) is 292. The number of hydrogen-bond donors (Lipinski definition) is 1. The first-order chi connectivity index (χ1) is 3.73. The summed E-state index contributed by atoms with van der Waals surface area (Å²) in [6.45, 7) is 0. The SMILES string of the molecule is O=C([O-])O.O=S(=O)([O-])[O-].[Ca+2].[K+]. The van der Waals surface area contributed by atoms with Crippen molar-refractivity contribution in [1.29, 1.82) is 0 Å². The molecule has 0 aliphatic rings. The summed E-state index contributed by atoms with van der Waals surface area (Å²) in [7, 11) is -5.17. The Balaban J connectivity index is -0.0000000383. The van der Waals surface area contributed by atoms with Crippen LogP contribution in [-0.4, -0.2) is 66.5 Å². The summed E-state index contributed by atoms with van der Waals surface area (Å²) in [5, 5.41) is 15.3. The maximum absolute atomic E-state index is 8.52. The summed E-state index contributed by atoms with van der Waals surface area (Å²) in [5.41, 5.74) is 0. The smallest absolute Gasteiger partial charge is 0.759 e. The summed E-state index contributed by atoms with van der Waals surface area (Å²) in [4.78, 5) is 8.44. The van der Waals surface area contributed by atoms with E-state index >= 15 is 0 Å². The molecule has 0 aliphatic heterocycles. The van der Waals surface area contributed by atoms with Gasteiger partial charge in [-0.1, -0.05) is 0 Å². The van der Waals surface area contributed by atoms with E-state index in [1.54, 1.807) is 0 Å². The van der Waals surface area contributed by atoms with Gasteiger partial charge in [0.05, 0.1) is 0 Å². The van der Waals surface area contributed by atoms with Crippen LogP contribution in [0.15, 0.2) is 0 Å². The molecule has 11 heavy (non-hydrogen) atoms. The maximum Gasteiger partial charge on any atom is 2.00 e. The Hall–Kier alpha value is 2.04. The molecular weight excluding hydrogens is 235 g/mol. The van der Waals surface area contributed by atoms with Crippen LogP contribution in [0.25, 0.3) is 0 Å². The number of carboxylic acid groups (broad SMARTS) is 2. The van der Waals surface area contributed by atoms with E-state index < -0.39 is 16.6 Å². The molecule has 0 atom stereocenters. The van der Waals surface area contributed by atoms with Gasteiger partial charge in [0.1, 0.15) is 0 Å². The first-order valence-electron chi connectivity index (χ1n) is 1.30. The standard InChI is InChI=1S/CH2O3.Ca.K.H2O4S/c2-1(3)4;;;1-5(2,3)4/h(H2,2,3,4);;;(H2,1,2,3,4)/q;+2;+1;/p-3. The van der Waals surface area contributed by atoms with Crippen LogP contribution in [0.3, 0.4) is 0 Å². The normalized spacial score (nSPS) is 7.45. The van der Waals surface area contributed by atoms with Gasteiger partial charge in [0, 0.05) is 10.4 Å². The molecule has 0 heterocycles. The van der Waals surface area contributed by atoms with Crippen LogP contribution in [-0.2, 0) is 10.4 Å². The van der Waals surface area contributed by atoms with E-state index in [0.717, 1.165) is 0 Å². The van der Waals surface area contributed by atoms with Gasteiger partial charge in [0.15, 0.2) is 0 Å². The van der Waals surface area contributed by atoms with E-state index in [9.17, 15) is 0 Å². The van der Waals surface area contributed by atoms with Gasteiger partial charge in [-0.3, -0.25) is 8.42 Å². The van der Waals surface area contributed by atoms with Gasteiger partial charge in [0.25, 0.3) is 0 Å². The van der Waals surface area contributed by atoms with Crippen molar-refractivity contribution < 1.29 is 83.9 Å². The minimum absolute atomic E-state index is 0. The van der Waals surface area contributed by atoms with Crippen LogP contribution < -0.4 is 56.5 Å². The molecule has 0 radical (unpaired) electrons. The predicted octanol–water partition coefficient (Wildman–Crippen LogP) is -5.83. The molecule has 0 bridgehead atoms. The van der Waals surface area contributed by atoms with Crippen LogP contribution in [0.2, 0.25) is 0 Å². The van der Waals surface area contributed by atoms with Crippen molar-refractivity contribution in [3.63, 3.8) is 0 Å². The maximum atomic E-state index is 8.52. The second kappa shape index (κ2) is 12.0. The van der Waals surface area contributed by atoms with Crippen LogP contribution in [0, 0.1) is 0 Å². The fourth-order valence-electron chi connectivity index (χ4n) is 0. The predicted molar refractivity (Wildman–Crippen MR) is 24.3 cm³/mol. The fourth-order valence-corrected chi connectivity index (χ4v) is 0. The molecule has 0 amide bonds. The van der Waals surface area contributed by atoms with Gasteiger partial charge in [0.2, 0.25) is 6.16 Å². The molecule has 0 aliphatic carbocycles. The monoisotopic (exact) mass is 236 g/mol. The van der Waals surface area contributed by atoms with Gasteiger partial charge >= 0.3 is 89.1 Å².